The first-order chi connectivity index (χ1) is 31.6. The van der Waals surface area contributed by atoms with Crippen LogP contribution in [0.15, 0.2) is 48.6 Å². The molecule has 374 valence electrons. The molecular formula is C59H108O5. The molecule has 0 aliphatic heterocycles. The van der Waals surface area contributed by atoms with Gasteiger partial charge in [-0.05, 0) is 57.8 Å². The van der Waals surface area contributed by atoms with E-state index in [1.54, 1.807) is 0 Å². The number of allylic oxidation sites excluding steroid dienone is 8. The van der Waals surface area contributed by atoms with Crippen molar-refractivity contribution in [3.05, 3.63) is 48.6 Å². The minimum Gasteiger partial charge on any atom is -0.462 e. The highest BCUT2D eigenvalue weighted by Gasteiger charge is 2.17. The van der Waals surface area contributed by atoms with Gasteiger partial charge in [0.2, 0.25) is 0 Å². The van der Waals surface area contributed by atoms with Crippen molar-refractivity contribution in [2.45, 2.75) is 297 Å². The first-order valence-corrected chi connectivity index (χ1v) is 28.2. The molecule has 0 aromatic carbocycles. The second kappa shape index (κ2) is 55.2. The first kappa shape index (κ1) is 61.9. The lowest BCUT2D eigenvalue weighted by atomic mass is 10.0. The molecule has 1 atom stereocenters. The number of rotatable bonds is 52. The standard InChI is InChI=1S/C59H108O5/c1-4-7-10-13-16-19-22-24-26-28-29-30-32-34-36-39-42-45-48-51-54-62-55-57(64-59(61)53-50-47-44-41-37-21-18-15-12-9-6-3)56-63-58(60)52-49-46-43-40-38-35-33-31-27-25-23-20-17-14-11-8-5-2/h7,10,16,19,24,26,29-30,57H,4-6,8-9,11-15,17-18,20-23,25,27-28,31-56H2,1-3H3/b10-7-,19-16-,26-24-,30-29-. The van der Waals surface area contributed by atoms with E-state index in [9.17, 15) is 9.59 Å². The molecule has 0 amide bonds. The Balaban J connectivity index is 4.20. The molecule has 0 spiro atoms. The second-order valence-corrected chi connectivity index (χ2v) is 18.8. The van der Waals surface area contributed by atoms with Gasteiger partial charge in [0.05, 0.1) is 6.61 Å². The Kier molecular flexibility index (Phi) is 53.3. The van der Waals surface area contributed by atoms with E-state index in [2.05, 4.69) is 69.4 Å². The van der Waals surface area contributed by atoms with Gasteiger partial charge in [0.1, 0.15) is 6.61 Å². The van der Waals surface area contributed by atoms with Gasteiger partial charge >= 0.3 is 11.9 Å². The summed E-state index contributed by atoms with van der Waals surface area (Å²) in [6, 6.07) is 0. The number of carbonyl (C=O) groups is 2. The van der Waals surface area contributed by atoms with E-state index in [-0.39, 0.29) is 25.2 Å². The molecule has 0 bridgehead atoms. The zero-order valence-corrected chi connectivity index (χ0v) is 43.1. The molecule has 0 radical (unpaired) electrons. The molecule has 0 aliphatic carbocycles. The summed E-state index contributed by atoms with van der Waals surface area (Å²) >= 11 is 0. The van der Waals surface area contributed by atoms with Crippen molar-refractivity contribution in [1.82, 2.24) is 0 Å². The van der Waals surface area contributed by atoms with Crippen molar-refractivity contribution in [2.24, 2.45) is 0 Å². The van der Waals surface area contributed by atoms with Gasteiger partial charge < -0.3 is 14.2 Å². The minimum absolute atomic E-state index is 0.0860. The Morgan fingerprint density at radius 3 is 1.12 bits per heavy atom. The SMILES string of the molecule is CC/C=C\C/C=C\C/C=C\C/C=C\CCCCCCCCCOCC(COC(=O)CCCCCCCCCCCCCCCCCCC)OC(=O)CCCCCCCCCCCCC. The van der Waals surface area contributed by atoms with E-state index in [0.717, 1.165) is 64.2 Å². The molecule has 0 N–H and O–H groups in total. The number of esters is 2. The lowest BCUT2D eigenvalue weighted by Crippen LogP contribution is -2.30. The molecule has 64 heavy (non-hydrogen) atoms. The van der Waals surface area contributed by atoms with Gasteiger partial charge in [-0.15, -0.1) is 0 Å². The van der Waals surface area contributed by atoms with E-state index < -0.39 is 6.10 Å². The van der Waals surface area contributed by atoms with Gasteiger partial charge in [-0.3, -0.25) is 9.59 Å². The average Bonchev–Trinajstić information content (AvgIpc) is 3.30. The summed E-state index contributed by atoms with van der Waals surface area (Å²) in [6.07, 6.45) is 68.4. The highest BCUT2D eigenvalue weighted by Crippen LogP contribution is 2.16. The van der Waals surface area contributed by atoms with Crippen LogP contribution in [0.4, 0.5) is 0 Å². The Bertz CT molecular complexity index is 1060. The van der Waals surface area contributed by atoms with Crippen LogP contribution in [0.2, 0.25) is 0 Å². The van der Waals surface area contributed by atoms with Crippen LogP contribution in [-0.2, 0) is 23.8 Å². The van der Waals surface area contributed by atoms with Crippen LogP contribution in [0.3, 0.4) is 0 Å². The summed E-state index contributed by atoms with van der Waals surface area (Å²) in [5.74, 6) is -0.387. The molecular weight excluding hydrogens is 789 g/mol. The maximum atomic E-state index is 12.8. The molecule has 0 saturated carbocycles. The molecule has 5 nitrogen and oxygen atoms in total. The van der Waals surface area contributed by atoms with Crippen LogP contribution < -0.4 is 0 Å². The quantitative estimate of drug-likeness (QED) is 0.0346. The monoisotopic (exact) mass is 897 g/mol. The maximum absolute atomic E-state index is 12.8. The Labute approximate surface area is 399 Å². The topological polar surface area (TPSA) is 61.8 Å². The van der Waals surface area contributed by atoms with Crippen LogP contribution >= 0.6 is 0 Å². The molecule has 5 heteroatoms. The Hall–Kier alpha value is -2.14. The Morgan fingerprint density at radius 2 is 0.703 bits per heavy atom. The summed E-state index contributed by atoms with van der Waals surface area (Å²) < 4.78 is 17.5. The normalized spacial score (nSPS) is 12.5. The summed E-state index contributed by atoms with van der Waals surface area (Å²) in [6.45, 7) is 7.74. The third-order valence-electron chi connectivity index (χ3n) is 12.4. The number of carbonyl (C=O) groups excluding carboxylic acids is 2. The van der Waals surface area contributed by atoms with Crippen molar-refractivity contribution in [1.29, 1.82) is 0 Å². The van der Waals surface area contributed by atoms with Crippen LogP contribution in [0.25, 0.3) is 0 Å². The van der Waals surface area contributed by atoms with Crippen LogP contribution in [0.5, 0.6) is 0 Å². The summed E-state index contributed by atoms with van der Waals surface area (Å²) in [7, 11) is 0. The lowest BCUT2D eigenvalue weighted by Gasteiger charge is -2.18. The highest BCUT2D eigenvalue weighted by atomic mass is 16.6. The van der Waals surface area contributed by atoms with Gasteiger partial charge in [0, 0.05) is 19.4 Å². The van der Waals surface area contributed by atoms with Gasteiger partial charge in [0.25, 0.3) is 0 Å². The van der Waals surface area contributed by atoms with Gasteiger partial charge in [-0.1, -0.05) is 268 Å². The van der Waals surface area contributed by atoms with Gasteiger partial charge in [-0.25, -0.2) is 0 Å². The maximum Gasteiger partial charge on any atom is 0.306 e. The third-order valence-corrected chi connectivity index (χ3v) is 12.4. The smallest absolute Gasteiger partial charge is 0.306 e. The van der Waals surface area contributed by atoms with Crippen LogP contribution in [-0.4, -0.2) is 37.9 Å². The van der Waals surface area contributed by atoms with E-state index >= 15 is 0 Å². The van der Waals surface area contributed by atoms with Crippen molar-refractivity contribution < 1.29 is 23.8 Å². The molecule has 0 aliphatic rings. The van der Waals surface area contributed by atoms with E-state index in [1.165, 1.54) is 193 Å². The first-order valence-electron chi connectivity index (χ1n) is 28.2. The molecule has 0 saturated heterocycles. The van der Waals surface area contributed by atoms with Gasteiger partial charge in [-0.2, -0.15) is 0 Å². The number of hydrogen-bond donors (Lipinski definition) is 0. The van der Waals surface area contributed by atoms with Crippen molar-refractivity contribution >= 4 is 11.9 Å². The largest absolute Gasteiger partial charge is 0.462 e. The zero-order chi connectivity index (χ0) is 46.3. The fourth-order valence-electron chi connectivity index (χ4n) is 8.21. The molecule has 1 unspecified atom stereocenters. The summed E-state index contributed by atoms with van der Waals surface area (Å²) in [5, 5.41) is 0. The number of hydrogen-bond acceptors (Lipinski definition) is 5. The second-order valence-electron chi connectivity index (χ2n) is 18.8. The van der Waals surface area contributed by atoms with Crippen molar-refractivity contribution in [3.63, 3.8) is 0 Å². The average molecular weight is 898 g/mol. The third kappa shape index (κ3) is 52.5. The van der Waals surface area contributed by atoms with Crippen molar-refractivity contribution in [3.8, 4) is 0 Å². The predicted molar refractivity (Wildman–Crippen MR) is 279 cm³/mol. The molecule has 0 heterocycles. The van der Waals surface area contributed by atoms with E-state index in [1.807, 2.05) is 0 Å². The van der Waals surface area contributed by atoms with Gasteiger partial charge in [0.15, 0.2) is 6.10 Å². The predicted octanol–water partition coefficient (Wildman–Crippen LogP) is 19.1. The zero-order valence-electron chi connectivity index (χ0n) is 43.1. The van der Waals surface area contributed by atoms with E-state index in [0.29, 0.717) is 19.4 Å². The summed E-state index contributed by atoms with van der Waals surface area (Å²) in [4.78, 5) is 25.4. The number of ether oxygens (including phenoxy) is 3. The summed E-state index contributed by atoms with van der Waals surface area (Å²) in [5.41, 5.74) is 0. The molecule has 0 aromatic heterocycles. The van der Waals surface area contributed by atoms with Crippen LogP contribution in [0.1, 0.15) is 290 Å². The fraction of sp³-hybridized carbons (Fsp3) is 0.831. The van der Waals surface area contributed by atoms with E-state index in [4.69, 9.17) is 14.2 Å². The highest BCUT2D eigenvalue weighted by molar-refractivity contribution is 5.70. The van der Waals surface area contributed by atoms with Crippen molar-refractivity contribution in [2.75, 3.05) is 19.8 Å². The minimum atomic E-state index is -0.537. The molecule has 0 aromatic rings. The fourth-order valence-corrected chi connectivity index (χ4v) is 8.21. The Morgan fingerprint density at radius 1 is 0.359 bits per heavy atom. The molecule has 0 fully saturated rings. The number of unbranched alkanes of at least 4 members (excludes halogenated alkanes) is 33. The molecule has 0 rings (SSSR count). The van der Waals surface area contributed by atoms with Crippen LogP contribution in [0, 0.1) is 0 Å². The lowest BCUT2D eigenvalue weighted by molar-refractivity contribution is -0.163.